The second kappa shape index (κ2) is 14.2. The second-order valence-corrected chi connectivity index (χ2v) is 17.6. The Morgan fingerprint density at radius 2 is 1.44 bits per heavy atom. The molecule has 11 heteroatoms. The van der Waals surface area contributed by atoms with Crippen LogP contribution in [0.3, 0.4) is 0 Å². The Morgan fingerprint density at radius 3 is 2.12 bits per heavy atom. The molecule has 2 aromatic rings. The lowest BCUT2D eigenvalue weighted by Gasteiger charge is -2.33. The van der Waals surface area contributed by atoms with Gasteiger partial charge in [-0.1, -0.05) is 93.9 Å². The minimum atomic E-state index is -4.05. The fraction of sp³-hybridized carbons (Fsp3) is 0.459. The Morgan fingerprint density at radius 1 is 0.812 bits per heavy atom. The molecule has 1 unspecified atom stereocenters. The molecule has 2 aliphatic heterocycles. The Kier molecular flexibility index (Phi) is 10.7. The Labute approximate surface area is 291 Å². The number of para-hydroxylation sites is 2. The molecule has 0 saturated carbocycles. The molecule has 0 amide bonds. The maximum Gasteiger partial charge on any atom is 0.264 e. The van der Waals surface area contributed by atoms with Crippen LogP contribution in [-0.2, 0) is 31.1 Å². The molecule has 2 aromatic carbocycles. The maximum absolute atomic E-state index is 11.5. The number of halogens is 1. The topological polar surface area (TPSA) is 115 Å². The Hall–Kier alpha value is -2.89. The summed E-state index contributed by atoms with van der Waals surface area (Å²) in [6.07, 6.45) is 12.6. The zero-order valence-corrected chi connectivity index (χ0v) is 30.6. The van der Waals surface area contributed by atoms with Crippen LogP contribution in [0.5, 0.6) is 0 Å². The fourth-order valence-corrected chi connectivity index (χ4v) is 8.90. The Bertz CT molecular complexity index is 1880. The molecule has 0 fully saturated rings. The molecule has 2 N–H and O–H groups in total. The van der Waals surface area contributed by atoms with Gasteiger partial charge in [0.1, 0.15) is 0 Å². The van der Waals surface area contributed by atoms with Gasteiger partial charge in [-0.05, 0) is 79.0 Å². The summed E-state index contributed by atoms with van der Waals surface area (Å²) >= 11 is 7.12. The molecule has 8 nitrogen and oxygen atoms in total. The highest BCUT2D eigenvalue weighted by Gasteiger charge is 2.43. The number of fused-ring (bicyclic) bond motifs is 2. The van der Waals surface area contributed by atoms with E-state index in [1.54, 1.807) is 0 Å². The van der Waals surface area contributed by atoms with Crippen molar-refractivity contribution in [3.63, 3.8) is 0 Å². The molecular formula is C37H47ClN2O6S2. The normalized spacial score (nSPS) is 22.3. The summed E-state index contributed by atoms with van der Waals surface area (Å²) in [7, 11) is -8.05. The summed E-state index contributed by atoms with van der Waals surface area (Å²) in [6.45, 7) is 9.92. The first-order valence-corrected chi connectivity index (χ1v) is 20.2. The molecule has 0 spiro atoms. The molecule has 1 aliphatic carbocycles. The van der Waals surface area contributed by atoms with Gasteiger partial charge in [0, 0.05) is 46.0 Å². The monoisotopic (exact) mass is 714 g/mol. The van der Waals surface area contributed by atoms with Gasteiger partial charge in [-0.25, -0.2) is 0 Å². The maximum atomic E-state index is 11.5. The van der Waals surface area contributed by atoms with E-state index >= 15 is 0 Å². The van der Waals surface area contributed by atoms with Crippen molar-refractivity contribution in [2.24, 2.45) is 0 Å². The summed E-state index contributed by atoms with van der Waals surface area (Å²) in [6, 6.07) is 16.5. The summed E-state index contributed by atoms with van der Waals surface area (Å²) < 4.78 is 64.0. The summed E-state index contributed by atoms with van der Waals surface area (Å²) in [5, 5.41) is 0.744. The van der Waals surface area contributed by atoms with Crippen LogP contribution in [-0.4, -0.2) is 56.6 Å². The number of nitrogens with zero attached hydrogens (tertiary/aromatic N) is 2. The molecule has 48 heavy (non-hydrogen) atoms. The third kappa shape index (κ3) is 7.94. The van der Waals surface area contributed by atoms with Crippen LogP contribution in [0.4, 0.5) is 11.4 Å². The number of anilines is 2. The van der Waals surface area contributed by atoms with Crippen molar-refractivity contribution < 1.29 is 25.9 Å². The fourth-order valence-electron chi connectivity index (χ4n) is 7.52. The number of allylic oxidation sites excluding steroid dienone is 7. The quantitative estimate of drug-likeness (QED) is 0.168. The SMILES string of the molecule is CC1(C)C(=CC=C2CCCC(C=CC3N(CCCCS(=O)(=O)O)c4ccccc4C3(C)C)=C2Cl)N(CCCS(=O)(=O)O)c2ccccc21. The predicted molar refractivity (Wildman–Crippen MR) is 196 cm³/mol. The van der Waals surface area contributed by atoms with E-state index < -0.39 is 20.2 Å². The minimum Gasteiger partial charge on any atom is -0.364 e. The minimum absolute atomic E-state index is 0.0307. The van der Waals surface area contributed by atoms with Crippen molar-refractivity contribution in [2.75, 3.05) is 34.4 Å². The molecule has 1 atom stereocenters. The van der Waals surface area contributed by atoms with Crippen LogP contribution in [0.15, 0.2) is 94.7 Å². The smallest absolute Gasteiger partial charge is 0.264 e. The standard InChI is InChI=1S/C37H47ClN2O6S2/c1-36(2)29-15-5-7-17-31(29)39(23-9-10-25-47(41,42)43)33(36)21-19-27-13-11-14-28(35(27)38)20-22-34-37(3,4)30-16-6-8-18-32(30)40(34)24-12-26-48(44,45)46/h5-8,15-22,33H,9-14,23-26H2,1-4H3,(H,41,42,43)(H,44,45,46). The van der Waals surface area contributed by atoms with Crippen LogP contribution in [0.2, 0.25) is 0 Å². The number of unbranched alkanes of at least 4 members (excludes halogenated alkanes) is 1. The molecule has 0 radical (unpaired) electrons. The van der Waals surface area contributed by atoms with Crippen molar-refractivity contribution >= 4 is 43.2 Å². The number of rotatable bonds is 12. The lowest BCUT2D eigenvalue weighted by molar-refractivity contribution is 0.466. The number of benzene rings is 2. The van der Waals surface area contributed by atoms with Crippen LogP contribution in [0.25, 0.3) is 0 Å². The van der Waals surface area contributed by atoms with Crippen LogP contribution >= 0.6 is 11.6 Å². The zero-order chi connectivity index (χ0) is 34.9. The van der Waals surface area contributed by atoms with E-state index in [1.165, 1.54) is 5.56 Å². The van der Waals surface area contributed by atoms with E-state index in [9.17, 15) is 25.9 Å². The van der Waals surface area contributed by atoms with Crippen molar-refractivity contribution in [3.8, 4) is 0 Å². The van der Waals surface area contributed by atoms with Crippen molar-refractivity contribution in [3.05, 3.63) is 106 Å². The lowest BCUT2D eigenvalue weighted by Crippen LogP contribution is -2.40. The van der Waals surface area contributed by atoms with Crippen molar-refractivity contribution in [1.29, 1.82) is 0 Å². The van der Waals surface area contributed by atoms with Gasteiger partial charge in [0.05, 0.1) is 17.5 Å². The first-order valence-electron chi connectivity index (χ1n) is 16.6. The zero-order valence-electron chi connectivity index (χ0n) is 28.2. The first kappa shape index (κ1) is 36.4. The highest BCUT2D eigenvalue weighted by atomic mass is 35.5. The molecule has 3 aliphatic rings. The third-order valence-corrected chi connectivity index (χ3v) is 12.1. The molecule has 0 aromatic heterocycles. The highest BCUT2D eigenvalue weighted by molar-refractivity contribution is 7.86. The molecule has 0 saturated heterocycles. The summed E-state index contributed by atoms with van der Waals surface area (Å²) in [5.74, 6) is -0.540. The van der Waals surface area contributed by atoms with Gasteiger partial charge in [0.2, 0.25) is 0 Å². The van der Waals surface area contributed by atoms with Gasteiger partial charge >= 0.3 is 0 Å². The van der Waals surface area contributed by atoms with Crippen molar-refractivity contribution in [1.82, 2.24) is 0 Å². The van der Waals surface area contributed by atoms with Gasteiger partial charge in [0.15, 0.2) is 0 Å². The molecule has 5 rings (SSSR count). The van der Waals surface area contributed by atoms with E-state index in [-0.39, 0.29) is 28.4 Å². The van der Waals surface area contributed by atoms with E-state index in [1.807, 2.05) is 18.2 Å². The van der Waals surface area contributed by atoms with Gasteiger partial charge in [0.25, 0.3) is 20.2 Å². The van der Waals surface area contributed by atoms with E-state index in [0.29, 0.717) is 32.4 Å². The van der Waals surface area contributed by atoms with Gasteiger partial charge < -0.3 is 9.80 Å². The van der Waals surface area contributed by atoms with Gasteiger partial charge in [-0.3, -0.25) is 9.11 Å². The predicted octanol–water partition coefficient (Wildman–Crippen LogP) is 7.94. The van der Waals surface area contributed by atoms with Crippen LogP contribution in [0, 0.1) is 0 Å². The Balaban J connectivity index is 1.42. The molecule has 2 heterocycles. The van der Waals surface area contributed by atoms with Gasteiger partial charge in [-0.15, -0.1) is 0 Å². The van der Waals surface area contributed by atoms with E-state index in [4.69, 9.17) is 11.6 Å². The average Bonchev–Trinajstić information content (AvgIpc) is 3.35. The number of hydrogen-bond acceptors (Lipinski definition) is 6. The van der Waals surface area contributed by atoms with Crippen LogP contribution in [0.1, 0.15) is 77.3 Å². The molecule has 0 bridgehead atoms. The second-order valence-electron chi connectivity index (χ2n) is 14.1. The van der Waals surface area contributed by atoms with Crippen LogP contribution < -0.4 is 9.80 Å². The summed E-state index contributed by atoms with van der Waals surface area (Å²) in [4.78, 5) is 4.49. The first-order chi connectivity index (χ1) is 22.5. The van der Waals surface area contributed by atoms with E-state index in [2.05, 4.69) is 92.1 Å². The lowest BCUT2D eigenvalue weighted by atomic mass is 9.80. The third-order valence-electron chi connectivity index (χ3n) is 10.00. The molecular weight excluding hydrogens is 668 g/mol. The van der Waals surface area contributed by atoms with Crippen molar-refractivity contribution in [2.45, 2.75) is 83.1 Å². The average molecular weight is 715 g/mol. The van der Waals surface area contributed by atoms with E-state index in [0.717, 1.165) is 58.1 Å². The highest BCUT2D eigenvalue weighted by Crippen LogP contribution is 2.48. The summed E-state index contributed by atoms with van der Waals surface area (Å²) in [5.41, 5.74) is 7.26. The number of hydrogen-bond donors (Lipinski definition) is 2. The van der Waals surface area contributed by atoms with Gasteiger partial charge in [-0.2, -0.15) is 16.8 Å². The molecule has 260 valence electrons. The largest absolute Gasteiger partial charge is 0.364 e.